The number of benzene rings is 1. The molecule has 1 amide bonds. The Labute approximate surface area is 120 Å². The van der Waals surface area contributed by atoms with Gasteiger partial charge in [-0.2, -0.15) is 0 Å². The molecule has 0 aliphatic rings. The van der Waals surface area contributed by atoms with Crippen molar-refractivity contribution in [3.8, 4) is 0 Å². The van der Waals surface area contributed by atoms with E-state index in [4.69, 9.17) is 11.6 Å². The molecule has 1 atom stereocenters. The minimum Gasteiger partial charge on any atom is -0.378 e. The van der Waals surface area contributed by atoms with Crippen molar-refractivity contribution < 1.29 is 4.79 Å². The highest BCUT2D eigenvalue weighted by molar-refractivity contribution is 6.17. The maximum absolute atomic E-state index is 12.2. The first kappa shape index (κ1) is 15.8. The largest absolute Gasteiger partial charge is 0.378 e. The minimum absolute atomic E-state index is 0.0419. The predicted octanol–water partition coefficient (Wildman–Crippen LogP) is 3.28. The van der Waals surface area contributed by atoms with E-state index in [1.54, 1.807) is 0 Å². The summed E-state index contributed by atoms with van der Waals surface area (Å²) in [4.78, 5) is 14.2. The third-order valence-corrected chi connectivity index (χ3v) is 3.68. The molecule has 1 unspecified atom stereocenters. The van der Waals surface area contributed by atoms with Gasteiger partial charge in [0.15, 0.2) is 0 Å². The van der Waals surface area contributed by atoms with Crippen LogP contribution in [0.25, 0.3) is 0 Å². The minimum atomic E-state index is -0.237. The summed E-state index contributed by atoms with van der Waals surface area (Å²) in [7, 11) is 3.95. The Morgan fingerprint density at radius 1 is 1.32 bits per heavy atom. The Morgan fingerprint density at radius 3 is 2.32 bits per heavy atom. The average molecular weight is 283 g/mol. The van der Waals surface area contributed by atoms with Crippen LogP contribution in [0.3, 0.4) is 0 Å². The fourth-order valence-corrected chi connectivity index (χ4v) is 2.21. The monoisotopic (exact) mass is 282 g/mol. The molecule has 1 rings (SSSR count). The lowest BCUT2D eigenvalue weighted by Gasteiger charge is -2.29. The summed E-state index contributed by atoms with van der Waals surface area (Å²) < 4.78 is 0. The molecule has 0 heterocycles. The van der Waals surface area contributed by atoms with Gasteiger partial charge in [-0.3, -0.25) is 4.79 Å². The van der Waals surface area contributed by atoms with E-state index >= 15 is 0 Å². The Morgan fingerprint density at radius 2 is 1.89 bits per heavy atom. The van der Waals surface area contributed by atoms with E-state index < -0.39 is 0 Å². The van der Waals surface area contributed by atoms with Gasteiger partial charge in [-0.1, -0.05) is 6.92 Å². The molecule has 1 N–H and O–H groups in total. The standard InChI is InChI=1S/C15H23ClN2O/c1-5-15(2,10-11-16)17-14(19)12-6-8-13(9-7-12)18(3)4/h6-9H,5,10-11H2,1-4H3,(H,17,19). The first-order valence-electron chi connectivity index (χ1n) is 6.58. The Bertz CT molecular complexity index is 417. The van der Waals surface area contributed by atoms with E-state index in [0.717, 1.165) is 18.5 Å². The van der Waals surface area contributed by atoms with Gasteiger partial charge in [0.25, 0.3) is 5.91 Å². The summed E-state index contributed by atoms with van der Waals surface area (Å²) in [5.41, 5.74) is 1.52. The van der Waals surface area contributed by atoms with Crippen molar-refractivity contribution in [2.24, 2.45) is 0 Å². The van der Waals surface area contributed by atoms with Gasteiger partial charge in [-0.05, 0) is 44.0 Å². The van der Waals surface area contributed by atoms with E-state index in [0.29, 0.717) is 11.4 Å². The van der Waals surface area contributed by atoms with Crippen LogP contribution in [0.5, 0.6) is 0 Å². The van der Waals surface area contributed by atoms with E-state index in [9.17, 15) is 4.79 Å². The zero-order chi connectivity index (χ0) is 14.5. The van der Waals surface area contributed by atoms with Crippen LogP contribution in [0.2, 0.25) is 0 Å². The van der Waals surface area contributed by atoms with E-state index in [-0.39, 0.29) is 11.4 Å². The topological polar surface area (TPSA) is 32.3 Å². The van der Waals surface area contributed by atoms with Crippen molar-refractivity contribution in [3.63, 3.8) is 0 Å². The molecule has 0 aliphatic carbocycles. The zero-order valence-corrected chi connectivity index (χ0v) is 12.9. The van der Waals surface area contributed by atoms with Crippen LogP contribution in [0, 0.1) is 0 Å². The number of alkyl halides is 1. The molecule has 1 aromatic carbocycles. The zero-order valence-electron chi connectivity index (χ0n) is 12.2. The Kier molecular flexibility index (Phi) is 5.67. The second kappa shape index (κ2) is 6.80. The Balaban J connectivity index is 2.77. The molecule has 0 aromatic heterocycles. The second-order valence-electron chi connectivity index (χ2n) is 5.25. The number of hydrogen-bond acceptors (Lipinski definition) is 2. The van der Waals surface area contributed by atoms with Crippen LogP contribution in [0.4, 0.5) is 5.69 Å². The quantitative estimate of drug-likeness (QED) is 0.812. The van der Waals surface area contributed by atoms with Crippen LogP contribution >= 0.6 is 11.6 Å². The van der Waals surface area contributed by atoms with Crippen LogP contribution in [-0.4, -0.2) is 31.4 Å². The molecule has 1 aromatic rings. The molecule has 0 bridgehead atoms. The highest BCUT2D eigenvalue weighted by Gasteiger charge is 2.24. The van der Waals surface area contributed by atoms with Crippen molar-refractivity contribution in [2.75, 3.05) is 24.9 Å². The van der Waals surface area contributed by atoms with E-state index in [1.165, 1.54) is 0 Å². The normalized spacial score (nSPS) is 13.7. The lowest BCUT2D eigenvalue weighted by atomic mass is 9.95. The van der Waals surface area contributed by atoms with Gasteiger partial charge in [0.05, 0.1) is 0 Å². The molecular formula is C15H23ClN2O. The van der Waals surface area contributed by atoms with Crippen LogP contribution in [0.1, 0.15) is 37.0 Å². The predicted molar refractivity (Wildman–Crippen MR) is 82.3 cm³/mol. The number of hydrogen-bond donors (Lipinski definition) is 1. The van der Waals surface area contributed by atoms with Crippen LogP contribution < -0.4 is 10.2 Å². The lowest BCUT2D eigenvalue weighted by molar-refractivity contribution is 0.0901. The van der Waals surface area contributed by atoms with Gasteiger partial charge in [-0.25, -0.2) is 0 Å². The summed E-state index contributed by atoms with van der Waals surface area (Å²) in [6, 6.07) is 7.59. The number of rotatable bonds is 6. The van der Waals surface area contributed by atoms with Gasteiger partial charge >= 0.3 is 0 Å². The van der Waals surface area contributed by atoms with Crippen molar-refractivity contribution in [1.29, 1.82) is 0 Å². The highest BCUT2D eigenvalue weighted by atomic mass is 35.5. The van der Waals surface area contributed by atoms with Gasteiger partial charge in [-0.15, -0.1) is 11.6 Å². The van der Waals surface area contributed by atoms with Crippen molar-refractivity contribution >= 4 is 23.2 Å². The number of halogens is 1. The maximum atomic E-state index is 12.2. The number of nitrogens with one attached hydrogen (secondary N) is 1. The van der Waals surface area contributed by atoms with Crippen molar-refractivity contribution in [2.45, 2.75) is 32.2 Å². The number of carbonyl (C=O) groups excluding carboxylic acids is 1. The SMILES string of the molecule is CCC(C)(CCCl)NC(=O)c1ccc(N(C)C)cc1. The Hall–Kier alpha value is -1.22. The summed E-state index contributed by atoms with van der Waals surface area (Å²) in [5.74, 6) is 0.504. The average Bonchev–Trinajstić information content (AvgIpc) is 2.39. The molecule has 4 heteroatoms. The molecule has 0 spiro atoms. The fraction of sp³-hybridized carbons (Fsp3) is 0.533. The molecular weight excluding hydrogens is 260 g/mol. The number of carbonyl (C=O) groups is 1. The third kappa shape index (κ3) is 4.43. The number of anilines is 1. The molecule has 106 valence electrons. The second-order valence-corrected chi connectivity index (χ2v) is 5.63. The van der Waals surface area contributed by atoms with Crippen molar-refractivity contribution in [3.05, 3.63) is 29.8 Å². The lowest BCUT2D eigenvalue weighted by Crippen LogP contribution is -2.45. The summed E-state index contributed by atoms with van der Waals surface area (Å²) >= 11 is 5.79. The molecule has 3 nitrogen and oxygen atoms in total. The maximum Gasteiger partial charge on any atom is 0.251 e. The number of amides is 1. The van der Waals surface area contributed by atoms with E-state index in [2.05, 4.69) is 12.2 Å². The molecule has 0 saturated carbocycles. The highest BCUT2D eigenvalue weighted by Crippen LogP contribution is 2.17. The number of nitrogens with zero attached hydrogens (tertiary/aromatic N) is 1. The molecule has 0 aliphatic heterocycles. The smallest absolute Gasteiger partial charge is 0.251 e. The van der Waals surface area contributed by atoms with Crippen LogP contribution in [0.15, 0.2) is 24.3 Å². The van der Waals surface area contributed by atoms with Crippen molar-refractivity contribution in [1.82, 2.24) is 5.32 Å². The first-order chi connectivity index (χ1) is 8.91. The first-order valence-corrected chi connectivity index (χ1v) is 7.11. The van der Waals surface area contributed by atoms with E-state index in [1.807, 2.05) is 50.2 Å². The molecule has 19 heavy (non-hydrogen) atoms. The summed E-state index contributed by atoms with van der Waals surface area (Å²) in [6.07, 6.45) is 1.63. The van der Waals surface area contributed by atoms with Crippen LogP contribution in [-0.2, 0) is 0 Å². The molecule has 0 saturated heterocycles. The summed E-state index contributed by atoms with van der Waals surface area (Å²) in [5, 5.41) is 3.07. The van der Waals surface area contributed by atoms with Gasteiger partial charge in [0.2, 0.25) is 0 Å². The third-order valence-electron chi connectivity index (χ3n) is 3.49. The molecule has 0 radical (unpaired) electrons. The summed E-state index contributed by atoms with van der Waals surface area (Å²) in [6.45, 7) is 4.09. The molecule has 0 fully saturated rings. The fourth-order valence-electron chi connectivity index (χ4n) is 1.79. The van der Waals surface area contributed by atoms with Gasteiger partial charge in [0.1, 0.15) is 0 Å². The van der Waals surface area contributed by atoms with Gasteiger partial charge in [0, 0.05) is 36.8 Å². The van der Waals surface area contributed by atoms with Gasteiger partial charge < -0.3 is 10.2 Å².